The molecule has 0 radical (unpaired) electrons. The summed E-state index contributed by atoms with van der Waals surface area (Å²) in [4.78, 5) is 36.5. The van der Waals surface area contributed by atoms with Gasteiger partial charge in [-0.15, -0.1) is 0 Å². The highest BCUT2D eigenvalue weighted by Gasteiger charge is 2.18. The van der Waals surface area contributed by atoms with E-state index in [1.807, 2.05) is 31.2 Å². The summed E-state index contributed by atoms with van der Waals surface area (Å²) in [6.07, 6.45) is 0. The summed E-state index contributed by atoms with van der Waals surface area (Å²) in [5.41, 5.74) is 1.21. The Morgan fingerprint density at radius 3 is 2.56 bits per heavy atom. The van der Waals surface area contributed by atoms with Crippen molar-refractivity contribution in [3.63, 3.8) is 0 Å². The Hall–Kier alpha value is -3.65. The lowest BCUT2D eigenvalue weighted by Gasteiger charge is -2.11. The van der Waals surface area contributed by atoms with Gasteiger partial charge in [0.05, 0.1) is 12.2 Å². The molecule has 2 aromatic carbocycles. The highest BCUT2D eigenvalue weighted by molar-refractivity contribution is 6.30. The molecule has 0 aliphatic heterocycles. The van der Waals surface area contributed by atoms with Crippen LogP contribution in [-0.4, -0.2) is 41.4 Å². The molecule has 1 heterocycles. The molecule has 9 heteroatoms. The van der Waals surface area contributed by atoms with Gasteiger partial charge >= 0.3 is 5.97 Å². The first kappa shape index (κ1) is 23.0. The summed E-state index contributed by atoms with van der Waals surface area (Å²) >= 11 is 5.90. The molecule has 0 saturated heterocycles. The number of hydrogen-bond donors (Lipinski definition) is 1. The van der Waals surface area contributed by atoms with Crippen molar-refractivity contribution >= 4 is 23.5 Å². The first-order valence-electron chi connectivity index (χ1n) is 9.83. The van der Waals surface area contributed by atoms with Crippen LogP contribution in [0.1, 0.15) is 21.7 Å². The van der Waals surface area contributed by atoms with E-state index < -0.39 is 29.6 Å². The Balaban J connectivity index is 1.54. The first-order chi connectivity index (χ1) is 15.3. The highest BCUT2D eigenvalue weighted by atomic mass is 35.5. The van der Waals surface area contributed by atoms with Crippen molar-refractivity contribution in [1.82, 2.24) is 15.1 Å². The van der Waals surface area contributed by atoms with Crippen molar-refractivity contribution in [3.8, 4) is 11.4 Å². The van der Waals surface area contributed by atoms with E-state index in [2.05, 4.69) is 10.4 Å². The summed E-state index contributed by atoms with van der Waals surface area (Å²) < 4.78 is 11.9. The predicted octanol–water partition coefficient (Wildman–Crippen LogP) is 2.85. The van der Waals surface area contributed by atoms with E-state index in [0.29, 0.717) is 22.2 Å². The van der Waals surface area contributed by atoms with Crippen LogP contribution in [0.4, 0.5) is 0 Å². The van der Waals surface area contributed by atoms with Gasteiger partial charge in [0, 0.05) is 16.8 Å². The molecule has 166 valence electrons. The summed E-state index contributed by atoms with van der Waals surface area (Å²) in [5.74, 6) is -0.798. The van der Waals surface area contributed by atoms with Crippen LogP contribution in [-0.2, 0) is 9.53 Å². The summed E-state index contributed by atoms with van der Waals surface area (Å²) in [7, 11) is 0. The zero-order valence-corrected chi connectivity index (χ0v) is 18.4. The smallest absolute Gasteiger partial charge is 0.363 e. The lowest BCUT2D eigenvalue weighted by molar-refractivity contribution is -0.124. The predicted molar refractivity (Wildman–Crippen MR) is 120 cm³/mol. The number of nitrogens with one attached hydrogen (secondary N) is 1. The molecular weight excluding hydrogens is 434 g/mol. The lowest BCUT2D eigenvalue weighted by Crippen LogP contribution is -2.33. The number of benzene rings is 2. The van der Waals surface area contributed by atoms with Gasteiger partial charge in [0.15, 0.2) is 6.61 Å². The van der Waals surface area contributed by atoms with Crippen molar-refractivity contribution in [2.45, 2.75) is 13.8 Å². The number of carbonyl (C=O) groups is 2. The molecule has 1 aromatic heterocycles. The monoisotopic (exact) mass is 455 g/mol. The molecular formula is C23H22ClN3O5. The van der Waals surface area contributed by atoms with Gasteiger partial charge in [-0.2, -0.15) is 5.10 Å². The Morgan fingerprint density at radius 1 is 1.09 bits per heavy atom. The van der Waals surface area contributed by atoms with Gasteiger partial charge in [0.25, 0.3) is 5.91 Å². The van der Waals surface area contributed by atoms with Crippen LogP contribution in [0.25, 0.3) is 5.69 Å². The number of hydrogen-bond acceptors (Lipinski definition) is 6. The summed E-state index contributed by atoms with van der Waals surface area (Å²) in [6.45, 7) is 3.59. The van der Waals surface area contributed by atoms with Gasteiger partial charge in [-0.1, -0.05) is 23.7 Å². The number of carbonyl (C=O) groups excluding carboxylic acids is 2. The van der Waals surface area contributed by atoms with Gasteiger partial charge in [-0.05, 0) is 55.8 Å². The van der Waals surface area contributed by atoms with Gasteiger partial charge in [-0.3, -0.25) is 9.59 Å². The quantitative estimate of drug-likeness (QED) is 0.414. The fourth-order valence-electron chi connectivity index (χ4n) is 2.85. The number of aryl methyl sites for hydroxylation is 2. The highest BCUT2D eigenvalue weighted by Crippen LogP contribution is 2.14. The van der Waals surface area contributed by atoms with E-state index in [-0.39, 0.29) is 13.2 Å². The third-order valence-electron chi connectivity index (χ3n) is 4.39. The minimum absolute atomic E-state index is 0.233. The largest absolute Gasteiger partial charge is 0.492 e. The maximum absolute atomic E-state index is 12.3. The molecule has 1 N–H and O–H groups in total. The minimum atomic E-state index is -0.983. The zero-order chi connectivity index (χ0) is 23.1. The molecule has 0 fully saturated rings. The lowest BCUT2D eigenvalue weighted by atomic mass is 10.2. The third-order valence-corrected chi connectivity index (χ3v) is 4.64. The number of halogens is 1. The number of amides is 1. The molecule has 1 amide bonds. The second-order valence-electron chi connectivity index (χ2n) is 6.98. The second-order valence-corrected chi connectivity index (χ2v) is 7.41. The standard InChI is InChI=1S/C23H22ClN3O5/c1-15-4-3-5-19(12-15)31-11-10-25-21(29)14-32-23(30)22-20(28)13-16(2)27(26-22)18-8-6-17(24)7-9-18/h3-9,12-13H,10-11,14H2,1-2H3,(H,25,29). The zero-order valence-electron chi connectivity index (χ0n) is 17.6. The minimum Gasteiger partial charge on any atom is -0.492 e. The molecule has 0 unspecified atom stereocenters. The molecule has 0 atom stereocenters. The van der Waals surface area contributed by atoms with E-state index in [1.54, 1.807) is 31.2 Å². The van der Waals surface area contributed by atoms with E-state index in [0.717, 1.165) is 5.56 Å². The van der Waals surface area contributed by atoms with Crippen molar-refractivity contribution in [1.29, 1.82) is 0 Å². The molecule has 32 heavy (non-hydrogen) atoms. The van der Waals surface area contributed by atoms with Crippen LogP contribution < -0.4 is 15.5 Å². The molecule has 3 rings (SSSR count). The van der Waals surface area contributed by atoms with Gasteiger partial charge < -0.3 is 14.8 Å². The van der Waals surface area contributed by atoms with E-state index >= 15 is 0 Å². The molecule has 0 bridgehead atoms. The van der Waals surface area contributed by atoms with Crippen molar-refractivity contribution in [2.24, 2.45) is 0 Å². The molecule has 8 nitrogen and oxygen atoms in total. The third kappa shape index (κ3) is 6.18. The molecule has 3 aromatic rings. The Morgan fingerprint density at radius 2 is 1.84 bits per heavy atom. The Bertz CT molecular complexity index is 1170. The number of nitrogens with zero attached hydrogens (tertiary/aromatic N) is 2. The fraction of sp³-hybridized carbons (Fsp3) is 0.217. The number of rotatable bonds is 8. The van der Waals surface area contributed by atoms with Gasteiger partial charge in [0.1, 0.15) is 12.4 Å². The van der Waals surface area contributed by atoms with Crippen molar-refractivity contribution < 1.29 is 19.1 Å². The average molecular weight is 456 g/mol. The first-order valence-corrected chi connectivity index (χ1v) is 10.2. The van der Waals surface area contributed by atoms with E-state index in [1.165, 1.54) is 10.7 Å². The van der Waals surface area contributed by atoms with Crippen LogP contribution in [0.15, 0.2) is 59.4 Å². The normalized spacial score (nSPS) is 10.5. The van der Waals surface area contributed by atoms with Gasteiger partial charge in [-0.25, -0.2) is 9.48 Å². The van der Waals surface area contributed by atoms with Crippen LogP contribution in [0.2, 0.25) is 5.02 Å². The summed E-state index contributed by atoms with van der Waals surface area (Å²) in [6, 6.07) is 15.6. The molecule has 0 aliphatic rings. The fourth-order valence-corrected chi connectivity index (χ4v) is 2.97. The SMILES string of the molecule is Cc1cccc(OCCNC(=O)COC(=O)c2nn(-c3ccc(Cl)cc3)c(C)cc2=O)c1. The topological polar surface area (TPSA) is 99.5 Å². The van der Waals surface area contributed by atoms with E-state index in [9.17, 15) is 14.4 Å². The Kier molecular flexibility index (Phi) is 7.62. The number of esters is 1. The summed E-state index contributed by atoms with van der Waals surface area (Å²) in [5, 5.41) is 7.23. The Labute approximate surface area is 189 Å². The van der Waals surface area contributed by atoms with Crippen LogP contribution in [0.3, 0.4) is 0 Å². The maximum Gasteiger partial charge on any atom is 0.363 e. The van der Waals surface area contributed by atoms with E-state index in [4.69, 9.17) is 21.1 Å². The van der Waals surface area contributed by atoms with Crippen molar-refractivity contribution in [2.75, 3.05) is 19.8 Å². The number of aromatic nitrogens is 2. The van der Waals surface area contributed by atoms with Crippen LogP contribution in [0.5, 0.6) is 5.75 Å². The van der Waals surface area contributed by atoms with Crippen molar-refractivity contribution in [3.05, 3.63) is 86.8 Å². The second kappa shape index (κ2) is 10.6. The average Bonchev–Trinajstić information content (AvgIpc) is 2.76. The van der Waals surface area contributed by atoms with Crippen LogP contribution in [0, 0.1) is 13.8 Å². The van der Waals surface area contributed by atoms with Gasteiger partial charge in [0.2, 0.25) is 11.1 Å². The molecule has 0 saturated carbocycles. The molecule has 0 spiro atoms. The number of ether oxygens (including phenoxy) is 2. The molecule has 0 aliphatic carbocycles. The van der Waals surface area contributed by atoms with Crippen LogP contribution >= 0.6 is 11.6 Å². The maximum atomic E-state index is 12.3.